The summed E-state index contributed by atoms with van der Waals surface area (Å²) < 4.78 is 2.43. The molecule has 10 aromatic carbocycles. The molecule has 0 N–H and O–H groups in total. The number of benzene rings is 10. The fourth-order valence-electron chi connectivity index (χ4n) is 10.2. The number of fused-ring (bicyclic) bond motifs is 8. The van der Waals surface area contributed by atoms with Crippen LogP contribution in [0.25, 0.3) is 82.4 Å². The van der Waals surface area contributed by atoms with Crippen molar-refractivity contribution in [3.8, 4) is 39.1 Å². The number of nitrogens with zero attached hydrogens (tertiary/aromatic N) is 2. The summed E-state index contributed by atoms with van der Waals surface area (Å²) in [4.78, 5) is 2.44. The second kappa shape index (κ2) is 13.7. The molecular weight excluding hydrogens is 737 g/mol. The smallest absolute Gasteiger partial charge is 0.0541 e. The van der Waals surface area contributed by atoms with E-state index in [1.807, 2.05) is 0 Å². The average molecular weight is 779 g/mol. The third kappa shape index (κ3) is 5.56. The minimum atomic E-state index is -0.0976. The fourth-order valence-corrected chi connectivity index (χ4v) is 10.2. The lowest BCUT2D eigenvalue weighted by Crippen LogP contribution is -2.16. The zero-order chi connectivity index (χ0) is 40.7. The molecule has 12 rings (SSSR count). The van der Waals surface area contributed by atoms with Gasteiger partial charge in [-0.15, -0.1) is 0 Å². The molecule has 61 heavy (non-hydrogen) atoms. The number of hydrogen-bond donors (Lipinski definition) is 0. The average Bonchev–Trinajstić information content (AvgIpc) is 3.76. The van der Waals surface area contributed by atoms with Crippen molar-refractivity contribution >= 4 is 60.4 Å². The second-order valence-corrected chi connectivity index (χ2v) is 16.9. The molecule has 0 atom stereocenters. The van der Waals surface area contributed by atoms with Crippen LogP contribution in [0, 0.1) is 0 Å². The zero-order valence-electron chi connectivity index (χ0n) is 34.2. The predicted molar refractivity (Wildman–Crippen MR) is 259 cm³/mol. The number of aromatic nitrogens is 1. The Kier molecular flexibility index (Phi) is 7.92. The van der Waals surface area contributed by atoms with E-state index in [-0.39, 0.29) is 5.41 Å². The van der Waals surface area contributed by atoms with Gasteiger partial charge in [0.25, 0.3) is 0 Å². The SMILES string of the molecule is CC1(C)c2ccccc2-c2ccc(N(c3ccc(-c4cccc(-c5ccc6c(c5)c5ccccc5n6-c5cccc6ccccc56)c4)cc3)c3cccc4ccccc34)cc21. The molecule has 0 spiro atoms. The van der Waals surface area contributed by atoms with Gasteiger partial charge in [0, 0.05) is 38.3 Å². The van der Waals surface area contributed by atoms with Crippen molar-refractivity contribution in [1.29, 1.82) is 0 Å². The monoisotopic (exact) mass is 778 g/mol. The Hall–Kier alpha value is -7.68. The molecule has 1 aliphatic rings. The lowest BCUT2D eigenvalue weighted by Gasteiger charge is -2.29. The van der Waals surface area contributed by atoms with Crippen LogP contribution in [0.1, 0.15) is 25.0 Å². The Labute approximate surface area is 356 Å². The topological polar surface area (TPSA) is 8.17 Å². The van der Waals surface area contributed by atoms with Crippen molar-refractivity contribution in [3.63, 3.8) is 0 Å². The Balaban J connectivity index is 0.937. The van der Waals surface area contributed by atoms with Gasteiger partial charge in [-0.2, -0.15) is 0 Å². The van der Waals surface area contributed by atoms with Gasteiger partial charge in [-0.3, -0.25) is 0 Å². The van der Waals surface area contributed by atoms with Crippen molar-refractivity contribution in [1.82, 2.24) is 4.57 Å². The largest absolute Gasteiger partial charge is 0.310 e. The van der Waals surface area contributed by atoms with Gasteiger partial charge in [-0.05, 0) is 116 Å². The van der Waals surface area contributed by atoms with Crippen LogP contribution in [-0.4, -0.2) is 4.57 Å². The minimum absolute atomic E-state index is 0.0976. The van der Waals surface area contributed by atoms with Crippen LogP contribution < -0.4 is 4.90 Å². The molecule has 2 nitrogen and oxygen atoms in total. The lowest BCUT2D eigenvalue weighted by atomic mass is 9.82. The molecule has 1 aliphatic carbocycles. The molecule has 0 saturated carbocycles. The number of anilines is 3. The number of para-hydroxylation sites is 1. The number of hydrogen-bond acceptors (Lipinski definition) is 1. The van der Waals surface area contributed by atoms with E-state index in [4.69, 9.17) is 0 Å². The molecule has 1 heterocycles. The Morgan fingerprint density at radius 1 is 0.361 bits per heavy atom. The Bertz CT molecular complexity index is 3500. The van der Waals surface area contributed by atoms with Crippen molar-refractivity contribution in [2.24, 2.45) is 0 Å². The highest BCUT2D eigenvalue weighted by molar-refractivity contribution is 6.12. The minimum Gasteiger partial charge on any atom is -0.310 e. The molecule has 0 unspecified atom stereocenters. The van der Waals surface area contributed by atoms with Gasteiger partial charge in [-0.1, -0.05) is 172 Å². The summed E-state index contributed by atoms with van der Waals surface area (Å²) in [5.41, 5.74) is 17.2. The molecule has 11 aromatic rings. The summed E-state index contributed by atoms with van der Waals surface area (Å²) in [6, 6.07) is 80.4. The van der Waals surface area contributed by atoms with Gasteiger partial charge in [0.2, 0.25) is 0 Å². The summed E-state index contributed by atoms with van der Waals surface area (Å²) in [5, 5.41) is 7.45. The van der Waals surface area contributed by atoms with Crippen LogP contribution in [-0.2, 0) is 5.41 Å². The van der Waals surface area contributed by atoms with Gasteiger partial charge in [0.1, 0.15) is 0 Å². The molecule has 0 amide bonds. The Morgan fingerprint density at radius 2 is 0.934 bits per heavy atom. The van der Waals surface area contributed by atoms with Gasteiger partial charge in [-0.25, -0.2) is 0 Å². The maximum absolute atomic E-state index is 2.44. The first-order valence-electron chi connectivity index (χ1n) is 21.3. The van der Waals surface area contributed by atoms with Crippen LogP contribution in [0.4, 0.5) is 17.1 Å². The maximum Gasteiger partial charge on any atom is 0.0541 e. The Morgan fingerprint density at radius 3 is 1.77 bits per heavy atom. The third-order valence-corrected chi connectivity index (χ3v) is 13.2. The first kappa shape index (κ1) is 35.3. The fraction of sp³-hybridized carbons (Fsp3) is 0.0508. The highest BCUT2D eigenvalue weighted by atomic mass is 15.1. The molecular formula is C59H42N2. The van der Waals surface area contributed by atoms with Gasteiger partial charge < -0.3 is 9.47 Å². The van der Waals surface area contributed by atoms with E-state index in [0.717, 1.165) is 11.4 Å². The van der Waals surface area contributed by atoms with Crippen molar-refractivity contribution in [3.05, 3.63) is 230 Å². The van der Waals surface area contributed by atoms with Gasteiger partial charge in [0.05, 0.1) is 22.4 Å². The van der Waals surface area contributed by atoms with E-state index in [0.29, 0.717) is 0 Å². The van der Waals surface area contributed by atoms with Gasteiger partial charge >= 0.3 is 0 Å². The quantitative estimate of drug-likeness (QED) is 0.163. The predicted octanol–water partition coefficient (Wildman–Crippen LogP) is 16.2. The van der Waals surface area contributed by atoms with E-state index >= 15 is 0 Å². The molecule has 0 saturated heterocycles. The zero-order valence-corrected chi connectivity index (χ0v) is 34.2. The normalized spacial score (nSPS) is 12.9. The van der Waals surface area contributed by atoms with Crippen molar-refractivity contribution < 1.29 is 0 Å². The summed E-state index contributed by atoms with van der Waals surface area (Å²) >= 11 is 0. The highest BCUT2D eigenvalue weighted by Gasteiger charge is 2.35. The first-order chi connectivity index (χ1) is 30.0. The van der Waals surface area contributed by atoms with E-state index in [2.05, 4.69) is 242 Å². The number of rotatable bonds is 6. The van der Waals surface area contributed by atoms with Crippen molar-refractivity contribution in [2.45, 2.75) is 19.3 Å². The van der Waals surface area contributed by atoms with E-state index in [9.17, 15) is 0 Å². The van der Waals surface area contributed by atoms with E-state index in [1.54, 1.807) is 0 Å². The van der Waals surface area contributed by atoms with Crippen LogP contribution >= 0.6 is 0 Å². The lowest BCUT2D eigenvalue weighted by molar-refractivity contribution is 0.660. The van der Waals surface area contributed by atoms with Crippen LogP contribution in [0.2, 0.25) is 0 Å². The van der Waals surface area contributed by atoms with E-state index in [1.165, 1.54) is 99.2 Å². The molecule has 0 aliphatic heterocycles. The van der Waals surface area contributed by atoms with Gasteiger partial charge in [0.15, 0.2) is 0 Å². The molecule has 2 heteroatoms. The molecule has 0 fully saturated rings. The highest BCUT2D eigenvalue weighted by Crippen LogP contribution is 2.51. The standard InChI is InChI=1S/C59H42N2/c1-59(2)53-24-9-7-22-49(53)50-34-33-46(38-54(50)59)60(55-26-12-16-40-14-3-5-20-47(40)55)45-31-28-39(29-32-45)42-18-11-19-43(36-42)44-30-35-58-52(37-44)51-23-8-10-25-57(51)61(58)56-27-13-17-41-15-4-6-21-48(41)56/h3-38H,1-2H3. The third-order valence-electron chi connectivity index (χ3n) is 13.2. The van der Waals surface area contributed by atoms with E-state index < -0.39 is 0 Å². The van der Waals surface area contributed by atoms with Crippen molar-refractivity contribution in [2.75, 3.05) is 4.90 Å². The van der Waals surface area contributed by atoms with Crippen LogP contribution in [0.3, 0.4) is 0 Å². The summed E-state index contributed by atoms with van der Waals surface area (Å²) in [6.07, 6.45) is 0. The summed E-state index contributed by atoms with van der Waals surface area (Å²) in [5.74, 6) is 0. The molecule has 0 radical (unpaired) electrons. The molecule has 1 aromatic heterocycles. The maximum atomic E-state index is 2.44. The summed E-state index contributed by atoms with van der Waals surface area (Å²) in [6.45, 7) is 4.71. The molecule has 288 valence electrons. The summed E-state index contributed by atoms with van der Waals surface area (Å²) in [7, 11) is 0. The van der Waals surface area contributed by atoms with Crippen LogP contribution in [0.15, 0.2) is 218 Å². The first-order valence-corrected chi connectivity index (χ1v) is 21.3. The second-order valence-electron chi connectivity index (χ2n) is 16.9. The molecule has 0 bridgehead atoms. The van der Waals surface area contributed by atoms with Crippen LogP contribution in [0.5, 0.6) is 0 Å².